The summed E-state index contributed by atoms with van der Waals surface area (Å²) in [6, 6.07) is 0. The molecule has 1 rings (SSSR count). The Morgan fingerprint density at radius 2 is 1.73 bits per heavy atom. The van der Waals surface area contributed by atoms with Crippen molar-refractivity contribution in [1.82, 2.24) is 0 Å². The summed E-state index contributed by atoms with van der Waals surface area (Å²) in [5, 5.41) is 0. The van der Waals surface area contributed by atoms with Crippen LogP contribution in [0.25, 0.3) is 0 Å². The predicted molar refractivity (Wildman–Crippen MR) is 69.4 cm³/mol. The molecule has 1 aliphatic rings. The summed E-state index contributed by atoms with van der Waals surface area (Å²) in [6.45, 7) is 9.37. The fourth-order valence-corrected chi connectivity index (χ4v) is 1.08. The summed E-state index contributed by atoms with van der Waals surface area (Å²) < 4.78 is 10.5. The summed E-state index contributed by atoms with van der Waals surface area (Å²) in [7, 11) is 0. The Kier molecular flexibility index (Phi) is 12.4. The van der Waals surface area contributed by atoms with Crippen molar-refractivity contribution >= 4 is 0 Å². The van der Waals surface area contributed by atoms with Crippen LogP contribution in [0.1, 0.15) is 55.9 Å². The van der Waals surface area contributed by atoms with Crippen molar-refractivity contribution in [2.24, 2.45) is 5.41 Å². The average Bonchev–Trinajstić information content (AvgIpc) is 2.68. The first kappa shape index (κ1) is 20.3. The number of epoxide rings is 1. The summed E-state index contributed by atoms with van der Waals surface area (Å²) in [5.74, 6) is 0. The first-order valence-corrected chi connectivity index (χ1v) is 4.77. The molecule has 2 nitrogen and oxygen atoms in total. The molecule has 0 bridgehead atoms. The minimum atomic E-state index is 0. The molecule has 0 aromatic carbocycles. The molecule has 0 N–H and O–H groups in total. The normalized spacial score (nSPS) is 18.2. The third-order valence-electron chi connectivity index (χ3n) is 1.92. The first-order chi connectivity index (χ1) is 5.58. The van der Waals surface area contributed by atoms with Gasteiger partial charge in [-0.25, -0.2) is 0 Å². The SMILES string of the molecule is C.C.C.CC(C)(C)CCCOCC1CO1. The van der Waals surface area contributed by atoms with Crippen LogP contribution in [0.2, 0.25) is 0 Å². The van der Waals surface area contributed by atoms with Gasteiger partial charge < -0.3 is 9.47 Å². The van der Waals surface area contributed by atoms with Crippen molar-refractivity contribution in [2.45, 2.75) is 62.0 Å². The molecule has 0 saturated carbocycles. The highest BCUT2D eigenvalue weighted by Gasteiger charge is 2.22. The van der Waals surface area contributed by atoms with Gasteiger partial charge in [0.25, 0.3) is 0 Å². The van der Waals surface area contributed by atoms with E-state index >= 15 is 0 Å². The van der Waals surface area contributed by atoms with Gasteiger partial charge in [0.15, 0.2) is 0 Å². The number of rotatable bonds is 5. The zero-order valence-electron chi connectivity index (χ0n) is 8.43. The molecule has 0 aliphatic carbocycles. The number of ether oxygens (including phenoxy) is 2. The molecule has 96 valence electrons. The first-order valence-electron chi connectivity index (χ1n) is 4.77. The van der Waals surface area contributed by atoms with Crippen molar-refractivity contribution in [1.29, 1.82) is 0 Å². The van der Waals surface area contributed by atoms with E-state index in [1.54, 1.807) is 0 Å². The van der Waals surface area contributed by atoms with E-state index < -0.39 is 0 Å². The third kappa shape index (κ3) is 13.9. The Morgan fingerprint density at radius 1 is 1.20 bits per heavy atom. The lowest BCUT2D eigenvalue weighted by molar-refractivity contribution is 0.107. The van der Waals surface area contributed by atoms with Gasteiger partial charge in [-0.05, 0) is 18.3 Å². The highest BCUT2D eigenvalue weighted by atomic mass is 16.6. The second-order valence-corrected chi connectivity index (χ2v) is 4.69. The number of hydrogen-bond acceptors (Lipinski definition) is 2. The van der Waals surface area contributed by atoms with Crippen LogP contribution >= 0.6 is 0 Å². The van der Waals surface area contributed by atoms with Crippen LogP contribution in [0.4, 0.5) is 0 Å². The van der Waals surface area contributed by atoms with E-state index in [9.17, 15) is 0 Å². The van der Waals surface area contributed by atoms with Crippen LogP contribution in [0, 0.1) is 5.41 Å². The lowest BCUT2D eigenvalue weighted by atomic mass is 9.91. The molecule has 0 amide bonds. The molecule has 1 unspecified atom stereocenters. The predicted octanol–water partition coefficient (Wildman–Crippen LogP) is 4.14. The van der Waals surface area contributed by atoms with Gasteiger partial charge in [-0.1, -0.05) is 43.1 Å². The van der Waals surface area contributed by atoms with Gasteiger partial charge in [0.1, 0.15) is 6.10 Å². The van der Waals surface area contributed by atoms with E-state index in [-0.39, 0.29) is 22.3 Å². The van der Waals surface area contributed by atoms with Crippen molar-refractivity contribution < 1.29 is 9.47 Å². The van der Waals surface area contributed by atoms with Crippen LogP contribution in [-0.2, 0) is 9.47 Å². The van der Waals surface area contributed by atoms with Crippen molar-refractivity contribution in [2.75, 3.05) is 19.8 Å². The smallest absolute Gasteiger partial charge is 0.104 e. The van der Waals surface area contributed by atoms with Gasteiger partial charge in [-0.15, -0.1) is 0 Å². The highest BCUT2D eigenvalue weighted by Crippen LogP contribution is 2.20. The van der Waals surface area contributed by atoms with Gasteiger partial charge in [-0.2, -0.15) is 0 Å². The average molecular weight is 220 g/mol. The Bertz CT molecular complexity index is 123. The van der Waals surface area contributed by atoms with E-state index in [4.69, 9.17) is 9.47 Å². The fourth-order valence-electron chi connectivity index (χ4n) is 1.08. The van der Waals surface area contributed by atoms with E-state index in [0.717, 1.165) is 26.2 Å². The molecule has 0 aromatic rings. The third-order valence-corrected chi connectivity index (χ3v) is 1.92. The van der Waals surface area contributed by atoms with Gasteiger partial charge in [0.05, 0.1) is 13.2 Å². The minimum absolute atomic E-state index is 0. The van der Waals surface area contributed by atoms with Crippen LogP contribution in [0.5, 0.6) is 0 Å². The zero-order valence-corrected chi connectivity index (χ0v) is 8.43. The van der Waals surface area contributed by atoms with Crippen LogP contribution in [0.15, 0.2) is 0 Å². The molecule has 15 heavy (non-hydrogen) atoms. The van der Waals surface area contributed by atoms with Crippen LogP contribution in [-0.4, -0.2) is 25.9 Å². The fraction of sp³-hybridized carbons (Fsp3) is 1.00. The molecule has 2 heteroatoms. The Labute approximate surface area is 97.4 Å². The summed E-state index contributed by atoms with van der Waals surface area (Å²) >= 11 is 0. The lowest BCUT2D eigenvalue weighted by Crippen LogP contribution is -2.08. The van der Waals surface area contributed by atoms with E-state index in [2.05, 4.69) is 20.8 Å². The maximum atomic E-state index is 5.43. The Balaban J connectivity index is -0.000000480. The summed E-state index contributed by atoms with van der Waals surface area (Å²) in [5.41, 5.74) is 0.444. The number of hydrogen-bond donors (Lipinski definition) is 0. The molecule has 1 aliphatic heterocycles. The monoisotopic (exact) mass is 220 g/mol. The molecule has 1 heterocycles. The van der Waals surface area contributed by atoms with Gasteiger partial charge in [-0.3, -0.25) is 0 Å². The van der Waals surface area contributed by atoms with Crippen molar-refractivity contribution in [3.8, 4) is 0 Å². The largest absolute Gasteiger partial charge is 0.379 e. The van der Waals surface area contributed by atoms with Crippen LogP contribution in [0.3, 0.4) is 0 Å². The molecule has 1 saturated heterocycles. The topological polar surface area (TPSA) is 21.8 Å². The second-order valence-electron chi connectivity index (χ2n) is 4.69. The zero-order chi connectivity index (χ0) is 9.03. The van der Waals surface area contributed by atoms with Gasteiger partial charge in [0.2, 0.25) is 0 Å². The molecular weight excluding hydrogens is 188 g/mol. The Morgan fingerprint density at radius 3 is 2.13 bits per heavy atom. The highest BCUT2D eigenvalue weighted by molar-refractivity contribution is 4.67. The quantitative estimate of drug-likeness (QED) is 0.513. The lowest BCUT2D eigenvalue weighted by Gasteiger charge is -2.17. The minimum Gasteiger partial charge on any atom is -0.379 e. The summed E-state index contributed by atoms with van der Waals surface area (Å²) in [6.07, 6.45) is 2.81. The van der Waals surface area contributed by atoms with Gasteiger partial charge >= 0.3 is 0 Å². The second kappa shape index (κ2) is 9.17. The molecular formula is C13H32O2. The van der Waals surface area contributed by atoms with E-state index in [1.165, 1.54) is 6.42 Å². The maximum absolute atomic E-state index is 5.43. The molecule has 1 fully saturated rings. The molecule has 0 aromatic heterocycles. The maximum Gasteiger partial charge on any atom is 0.104 e. The molecule has 0 radical (unpaired) electrons. The van der Waals surface area contributed by atoms with Crippen molar-refractivity contribution in [3.05, 3.63) is 0 Å². The van der Waals surface area contributed by atoms with E-state index in [0.29, 0.717) is 11.5 Å². The molecule has 1 atom stereocenters. The van der Waals surface area contributed by atoms with Crippen LogP contribution < -0.4 is 0 Å². The summed E-state index contributed by atoms with van der Waals surface area (Å²) in [4.78, 5) is 0. The van der Waals surface area contributed by atoms with E-state index in [1.807, 2.05) is 0 Å². The van der Waals surface area contributed by atoms with Gasteiger partial charge in [0, 0.05) is 6.61 Å². The van der Waals surface area contributed by atoms with Crippen molar-refractivity contribution in [3.63, 3.8) is 0 Å². The standard InChI is InChI=1S/C10H20O2.3CH4/c1-10(2,3)5-4-6-11-7-9-8-12-9;;;/h9H,4-8H2,1-3H3;3*1H4. The Hall–Kier alpha value is -0.0800. The molecule has 0 spiro atoms.